The van der Waals surface area contributed by atoms with Crippen LogP contribution in [0.1, 0.15) is 31.4 Å². The Morgan fingerprint density at radius 1 is 1.08 bits per heavy atom. The molecule has 0 aliphatic carbocycles. The Morgan fingerprint density at radius 2 is 1.67 bits per heavy atom. The first-order valence-corrected chi connectivity index (χ1v) is 8.66. The van der Waals surface area contributed by atoms with E-state index in [1.807, 2.05) is 6.07 Å². The predicted molar refractivity (Wildman–Crippen MR) is 92.8 cm³/mol. The average Bonchev–Trinajstić information content (AvgIpc) is 2.60. The molecule has 1 N–H and O–H groups in total. The van der Waals surface area contributed by atoms with E-state index in [-0.39, 0.29) is 12.2 Å². The number of rotatable bonds is 2. The molecule has 24 heavy (non-hydrogen) atoms. The molecule has 132 valence electrons. The van der Waals surface area contributed by atoms with Crippen LogP contribution in [0.4, 0.5) is 0 Å². The highest BCUT2D eigenvalue weighted by Crippen LogP contribution is 2.16. The van der Waals surface area contributed by atoms with E-state index in [0.29, 0.717) is 11.6 Å². The van der Waals surface area contributed by atoms with Gasteiger partial charge in [-0.3, -0.25) is 0 Å². The van der Waals surface area contributed by atoms with Crippen molar-refractivity contribution in [2.45, 2.75) is 37.9 Å². The number of ether oxygens (including phenoxy) is 1. The van der Waals surface area contributed by atoms with Crippen molar-refractivity contribution in [1.82, 2.24) is 14.8 Å². The second kappa shape index (κ2) is 9.58. The van der Waals surface area contributed by atoms with Crippen LogP contribution in [0.2, 0.25) is 0 Å². The van der Waals surface area contributed by atoms with Gasteiger partial charge in [-0.2, -0.15) is 5.26 Å². The largest absolute Gasteiger partial charge is 0.474 e. The van der Waals surface area contributed by atoms with Crippen molar-refractivity contribution < 1.29 is 9.84 Å². The van der Waals surface area contributed by atoms with E-state index in [0.717, 1.165) is 51.9 Å². The van der Waals surface area contributed by atoms with Crippen LogP contribution in [-0.4, -0.2) is 72.4 Å². The van der Waals surface area contributed by atoms with Crippen LogP contribution in [0, 0.1) is 11.3 Å². The summed E-state index contributed by atoms with van der Waals surface area (Å²) < 4.78 is 5.76. The molecule has 2 aliphatic rings. The maximum absolute atomic E-state index is 9.00. The summed E-state index contributed by atoms with van der Waals surface area (Å²) in [6.07, 6.45) is 4.17. The minimum absolute atomic E-state index is 0.0220. The molecule has 0 saturated carbocycles. The molecule has 6 nitrogen and oxygen atoms in total. The highest BCUT2D eigenvalue weighted by atomic mass is 16.5. The zero-order chi connectivity index (χ0) is 17.4. The van der Waals surface area contributed by atoms with Crippen LogP contribution < -0.4 is 4.74 Å². The number of piperidine rings is 2. The zero-order valence-corrected chi connectivity index (χ0v) is 14.7. The summed E-state index contributed by atoms with van der Waals surface area (Å²) in [5.41, 5.74) is 0.408. The van der Waals surface area contributed by atoms with Crippen molar-refractivity contribution in [2.75, 3.05) is 40.3 Å². The third-order valence-corrected chi connectivity index (χ3v) is 4.48. The van der Waals surface area contributed by atoms with E-state index >= 15 is 0 Å². The van der Waals surface area contributed by atoms with Crippen LogP contribution in [0.5, 0.6) is 5.88 Å². The maximum Gasteiger partial charge on any atom is 0.214 e. The average molecular weight is 332 g/mol. The molecule has 2 fully saturated rings. The van der Waals surface area contributed by atoms with Gasteiger partial charge >= 0.3 is 0 Å². The minimum Gasteiger partial charge on any atom is -0.474 e. The molecule has 0 unspecified atom stereocenters. The highest BCUT2D eigenvalue weighted by Gasteiger charge is 2.18. The molecule has 2 aliphatic heterocycles. The van der Waals surface area contributed by atoms with Crippen molar-refractivity contribution in [3.63, 3.8) is 0 Å². The molecule has 0 atom stereocenters. The van der Waals surface area contributed by atoms with Gasteiger partial charge in [0.05, 0.1) is 6.10 Å². The van der Waals surface area contributed by atoms with Crippen LogP contribution >= 0.6 is 0 Å². The Morgan fingerprint density at radius 3 is 2.21 bits per heavy atom. The zero-order valence-electron chi connectivity index (χ0n) is 14.7. The smallest absolute Gasteiger partial charge is 0.214 e. The van der Waals surface area contributed by atoms with Gasteiger partial charge in [0.25, 0.3) is 0 Å². The number of nitrogens with zero attached hydrogens (tertiary/aromatic N) is 4. The number of hydrogen-bond donors (Lipinski definition) is 1. The van der Waals surface area contributed by atoms with E-state index in [4.69, 9.17) is 15.1 Å². The Bertz CT molecular complexity index is 520. The number of aliphatic hydroxyl groups excluding tert-OH is 1. The predicted octanol–water partition coefficient (Wildman–Crippen LogP) is 1.50. The van der Waals surface area contributed by atoms with Gasteiger partial charge in [0.2, 0.25) is 5.88 Å². The van der Waals surface area contributed by atoms with Crippen molar-refractivity contribution in [2.24, 2.45) is 0 Å². The first kappa shape index (κ1) is 18.7. The fourth-order valence-electron chi connectivity index (χ4n) is 2.81. The normalized spacial score (nSPS) is 20.8. The summed E-state index contributed by atoms with van der Waals surface area (Å²) in [5, 5.41) is 17.7. The summed E-state index contributed by atoms with van der Waals surface area (Å²) in [5.74, 6) is 0.564. The molecule has 6 heteroatoms. The Kier molecular flexibility index (Phi) is 7.44. The Labute approximate surface area is 144 Å². The lowest BCUT2D eigenvalue weighted by atomic mass is 10.1. The molecule has 0 aromatic carbocycles. The number of aromatic nitrogens is 1. The molecule has 0 amide bonds. The summed E-state index contributed by atoms with van der Waals surface area (Å²) in [7, 11) is 4.21. The molecule has 0 radical (unpaired) electrons. The minimum atomic E-state index is -0.0220. The number of pyridine rings is 1. The van der Waals surface area contributed by atoms with Gasteiger partial charge in [0.1, 0.15) is 17.9 Å². The summed E-state index contributed by atoms with van der Waals surface area (Å²) >= 11 is 0. The molecule has 1 aromatic rings. The topological polar surface area (TPSA) is 72.6 Å². The lowest BCUT2D eigenvalue weighted by Gasteiger charge is -2.28. The van der Waals surface area contributed by atoms with Crippen molar-refractivity contribution in [3.8, 4) is 11.9 Å². The van der Waals surface area contributed by atoms with E-state index in [9.17, 15) is 0 Å². The Balaban J connectivity index is 0.000000219. The van der Waals surface area contributed by atoms with Gasteiger partial charge in [-0.25, -0.2) is 4.98 Å². The standard InChI is InChI=1S/C12H15N3O.C6H13NO/c1-15-7-5-11(6-8-15)16-12-4-2-3-10(9-13)14-12;1-7-4-2-6(8)3-5-7/h2-4,11H,5-8H2,1H3;6,8H,2-5H2,1H3. The molecule has 1 aromatic heterocycles. The van der Waals surface area contributed by atoms with Gasteiger partial charge in [-0.05, 0) is 45.8 Å². The third kappa shape index (κ3) is 6.44. The van der Waals surface area contributed by atoms with E-state index in [2.05, 4.69) is 28.9 Å². The number of hydrogen-bond acceptors (Lipinski definition) is 6. The highest BCUT2D eigenvalue weighted by molar-refractivity contribution is 5.24. The fourth-order valence-corrected chi connectivity index (χ4v) is 2.81. The van der Waals surface area contributed by atoms with Crippen molar-refractivity contribution in [1.29, 1.82) is 5.26 Å². The summed E-state index contributed by atoms with van der Waals surface area (Å²) in [6.45, 7) is 4.23. The molecular weight excluding hydrogens is 304 g/mol. The maximum atomic E-state index is 9.00. The van der Waals surface area contributed by atoms with Crippen LogP contribution in [-0.2, 0) is 0 Å². The second-order valence-corrected chi connectivity index (χ2v) is 6.63. The summed E-state index contributed by atoms with van der Waals surface area (Å²) in [6, 6.07) is 7.30. The quantitative estimate of drug-likeness (QED) is 0.885. The number of nitriles is 1. The van der Waals surface area contributed by atoms with Gasteiger partial charge in [0.15, 0.2) is 0 Å². The molecule has 3 heterocycles. The van der Waals surface area contributed by atoms with Gasteiger partial charge in [-0.15, -0.1) is 0 Å². The second-order valence-electron chi connectivity index (χ2n) is 6.63. The van der Waals surface area contributed by atoms with Crippen LogP contribution in [0.15, 0.2) is 18.2 Å². The lowest BCUT2D eigenvalue weighted by molar-refractivity contribution is 0.0942. The third-order valence-electron chi connectivity index (χ3n) is 4.48. The first-order chi connectivity index (χ1) is 11.6. The SMILES string of the molecule is CN1CCC(O)CC1.CN1CCC(Oc2cccc(C#N)n2)CC1. The fraction of sp³-hybridized carbons (Fsp3) is 0.667. The number of likely N-dealkylation sites (tertiary alicyclic amines) is 2. The monoisotopic (exact) mass is 332 g/mol. The molecule has 0 spiro atoms. The van der Waals surface area contributed by atoms with E-state index in [1.165, 1.54) is 0 Å². The molecule has 0 bridgehead atoms. The lowest BCUT2D eigenvalue weighted by Crippen LogP contribution is -2.35. The van der Waals surface area contributed by atoms with Gasteiger partial charge in [-0.1, -0.05) is 6.07 Å². The Hall–Kier alpha value is -1.68. The van der Waals surface area contributed by atoms with E-state index < -0.39 is 0 Å². The molecular formula is C18H28N4O2. The van der Waals surface area contributed by atoms with Crippen molar-refractivity contribution in [3.05, 3.63) is 23.9 Å². The molecule has 2 saturated heterocycles. The van der Waals surface area contributed by atoms with Gasteiger partial charge in [0, 0.05) is 32.2 Å². The summed E-state index contributed by atoms with van der Waals surface area (Å²) in [4.78, 5) is 8.64. The number of aliphatic hydroxyl groups is 1. The van der Waals surface area contributed by atoms with Crippen LogP contribution in [0.25, 0.3) is 0 Å². The van der Waals surface area contributed by atoms with E-state index in [1.54, 1.807) is 18.2 Å². The first-order valence-electron chi connectivity index (χ1n) is 8.66. The van der Waals surface area contributed by atoms with Crippen molar-refractivity contribution >= 4 is 0 Å². The molecule has 3 rings (SSSR count). The van der Waals surface area contributed by atoms with Gasteiger partial charge < -0.3 is 19.6 Å². The van der Waals surface area contributed by atoms with Crippen LogP contribution in [0.3, 0.4) is 0 Å².